The van der Waals surface area contributed by atoms with Crippen molar-refractivity contribution in [2.75, 3.05) is 0 Å². The Labute approximate surface area is 192 Å². The van der Waals surface area contributed by atoms with E-state index >= 15 is 0 Å². The molecule has 0 radical (unpaired) electrons. The number of nitrogens with one attached hydrogen (secondary N) is 1. The van der Waals surface area contributed by atoms with Crippen LogP contribution in [0.2, 0.25) is 0 Å². The van der Waals surface area contributed by atoms with Crippen LogP contribution >= 0.6 is 7.75 Å². The van der Waals surface area contributed by atoms with Crippen LogP contribution in [0.5, 0.6) is 11.5 Å². The van der Waals surface area contributed by atoms with Gasteiger partial charge in [0.1, 0.15) is 23.4 Å². The third kappa shape index (κ3) is 6.11. The van der Waals surface area contributed by atoms with Crippen LogP contribution < -0.4 is 14.1 Å². The summed E-state index contributed by atoms with van der Waals surface area (Å²) < 4.78 is 119. The maximum absolute atomic E-state index is 14.2. The Morgan fingerprint density at radius 2 is 1.34 bits per heavy atom. The summed E-state index contributed by atoms with van der Waals surface area (Å²) in [5.74, 6) is -18.6. The molecule has 0 aliphatic rings. The minimum Gasteiger partial charge on any atom is -0.480 e. The summed E-state index contributed by atoms with van der Waals surface area (Å²) in [7, 11) is -5.30. The van der Waals surface area contributed by atoms with Crippen molar-refractivity contribution >= 4 is 13.7 Å². The molecular formula is C21H13F7NO5P. The number of carboxylic acids is 1. The quantitative estimate of drug-likeness (QED) is 0.167. The summed E-state index contributed by atoms with van der Waals surface area (Å²) in [5, 5.41) is 11.3. The summed E-state index contributed by atoms with van der Waals surface area (Å²) in [6.45, 7) is 0. The van der Waals surface area contributed by atoms with Gasteiger partial charge in [-0.3, -0.25) is 4.79 Å². The highest BCUT2D eigenvalue weighted by Gasteiger charge is 2.39. The van der Waals surface area contributed by atoms with Crippen molar-refractivity contribution in [2.45, 2.75) is 12.5 Å². The Bertz CT molecular complexity index is 1260. The van der Waals surface area contributed by atoms with Gasteiger partial charge in [-0.05, 0) is 36.2 Å². The number of benzene rings is 3. The van der Waals surface area contributed by atoms with E-state index in [1.165, 1.54) is 18.2 Å². The molecule has 6 nitrogen and oxygen atoms in total. The second-order valence-corrected chi connectivity index (χ2v) is 8.51. The van der Waals surface area contributed by atoms with Crippen molar-refractivity contribution in [1.29, 1.82) is 0 Å². The van der Waals surface area contributed by atoms with E-state index in [1.54, 1.807) is 0 Å². The van der Waals surface area contributed by atoms with Crippen LogP contribution in [0.4, 0.5) is 30.7 Å². The van der Waals surface area contributed by atoms with E-state index in [0.29, 0.717) is 6.07 Å². The molecule has 14 heteroatoms. The van der Waals surface area contributed by atoms with Crippen LogP contribution in [0.1, 0.15) is 5.56 Å². The molecule has 0 aliphatic heterocycles. The number of hydrogen-bond donors (Lipinski definition) is 2. The monoisotopic (exact) mass is 523 g/mol. The van der Waals surface area contributed by atoms with Gasteiger partial charge in [0.15, 0.2) is 0 Å². The van der Waals surface area contributed by atoms with Crippen molar-refractivity contribution in [1.82, 2.24) is 5.09 Å². The average molecular weight is 523 g/mol. The van der Waals surface area contributed by atoms with Crippen LogP contribution in [0.25, 0.3) is 0 Å². The zero-order valence-electron chi connectivity index (χ0n) is 17.1. The molecule has 0 spiro atoms. The highest BCUT2D eigenvalue weighted by atomic mass is 31.2. The van der Waals surface area contributed by atoms with Gasteiger partial charge in [-0.1, -0.05) is 18.2 Å². The molecule has 1 unspecified atom stereocenters. The van der Waals surface area contributed by atoms with Crippen LogP contribution in [0.3, 0.4) is 0 Å². The van der Waals surface area contributed by atoms with Gasteiger partial charge in [-0.15, -0.1) is 0 Å². The Balaban J connectivity index is 2.03. The SMILES string of the molecule is O=C(O)C(Cc1cc(F)cc(F)c1)N[P@](=O)(Oc1ccccc1)Oc1c(F)c(F)c(F)c(F)c1F. The largest absolute Gasteiger partial charge is 0.513 e. The Kier molecular flexibility index (Phi) is 7.71. The van der Waals surface area contributed by atoms with E-state index in [0.717, 1.165) is 24.3 Å². The van der Waals surface area contributed by atoms with Crippen LogP contribution in [-0.2, 0) is 15.8 Å². The van der Waals surface area contributed by atoms with Gasteiger partial charge in [-0.2, -0.15) is 13.9 Å². The molecule has 0 bridgehead atoms. The molecule has 0 saturated heterocycles. The lowest BCUT2D eigenvalue weighted by Gasteiger charge is -2.24. The van der Waals surface area contributed by atoms with Gasteiger partial charge in [0.05, 0.1) is 0 Å². The number of hydrogen-bond acceptors (Lipinski definition) is 4. The Hall–Kier alpha value is -3.57. The van der Waals surface area contributed by atoms with Crippen LogP contribution in [-0.4, -0.2) is 17.1 Å². The Morgan fingerprint density at radius 1 is 0.829 bits per heavy atom. The number of halogens is 7. The highest BCUT2D eigenvalue weighted by molar-refractivity contribution is 7.52. The topological polar surface area (TPSA) is 84.9 Å². The average Bonchev–Trinajstić information content (AvgIpc) is 2.79. The van der Waals surface area contributed by atoms with Crippen molar-refractivity contribution in [3.05, 3.63) is 94.8 Å². The summed E-state index contributed by atoms with van der Waals surface area (Å²) in [6.07, 6.45) is -0.757. The summed E-state index contributed by atoms with van der Waals surface area (Å²) in [4.78, 5) is 11.7. The molecule has 0 aromatic heterocycles. The van der Waals surface area contributed by atoms with Crippen molar-refractivity contribution < 1.29 is 54.2 Å². The van der Waals surface area contributed by atoms with Crippen LogP contribution in [0.15, 0.2) is 48.5 Å². The van der Waals surface area contributed by atoms with E-state index in [2.05, 4.69) is 4.52 Å². The number of aliphatic carboxylic acids is 1. The van der Waals surface area contributed by atoms with Crippen LogP contribution in [0, 0.1) is 40.7 Å². The normalized spacial score (nSPS) is 13.7. The number of para-hydroxylation sites is 1. The predicted octanol–water partition coefficient (Wildman–Crippen LogP) is 5.51. The lowest BCUT2D eigenvalue weighted by molar-refractivity contribution is -0.139. The summed E-state index contributed by atoms with van der Waals surface area (Å²) >= 11 is 0. The molecule has 0 aliphatic carbocycles. The first-order chi connectivity index (χ1) is 16.4. The molecule has 0 amide bonds. The standard InChI is InChI=1S/C21H13F7NO5P/c22-11-6-10(7-12(23)9-11)8-14(21(30)31)29-35(32,33-13-4-2-1-3-5-13)34-20-18(27)16(25)15(24)17(26)19(20)28/h1-7,9,14H,8H2,(H,29,32)(H,30,31)/t14?,35-/m0/s1. The minimum atomic E-state index is -5.30. The first kappa shape index (κ1) is 26.0. The van der Waals surface area contributed by atoms with Crippen molar-refractivity contribution in [2.24, 2.45) is 0 Å². The molecule has 186 valence electrons. The first-order valence-electron chi connectivity index (χ1n) is 9.41. The smallest absolute Gasteiger partial charge is 0.480 e. The zero-order valence-corrected chi connectivity index (χ0v) is 18.0. The van der Waals surface area contributed by atoms with E-state index < -0.39 is 72.6 Å². The van der Waals surface area contributed by atoms with E-state index in [4.69, 9.17) is 4.52 Å². The fourth-order valence-electron chi connectivity index (χ4n) is 2.82. The first-order valence-corrected chi connectivity index (χ1v) is 11.0. The molecule has 2 N–H and O–H groups in total. The van der Waals surface area contributed by atoms with E-state index in [-0.39, 0.29) is 11.3 Å². The maximum atomic E-state index is 14.2. The molecule has 3 aromatic carbocycles. The second-order valence-electron chi connectivity index (χ2n) is 6.89. The fraction of sp³-hybridized carbons (Fsp3) is 0.0952. The highest BCUT2D eigenvalue weighted by Crippen LogP contribution is 2.47. The predicted molar refractivity (Wildman–Crippen MR) is 106 cm³/mol. The van der Waals surface area contributed by atoms with Crippen molar-refractivity contribution in [3.63, 3.8) is 0 Å². The lowest BCUT2D eigenvalue weighted by atomic mass is 10.1. The maximum Gasteiger partial charge on any atom is 0.513 e. The molecule has 3 rings (SSSR count). The Morgan fingerprint density at radius 3 is 1.86 bits per heavy atom. The molecule has 0 saturated carbocycles. The van der Waals surface area contributed by atoms with E-state index in [1.807, 2.05) is 5.09 Å². The zero-order chi connectivity index (χ0) is 25.9. The molecule has 0 heterocycles. The molecular weight excluding hydrogens is 510 g/mol. The number of carbonyl (C=O) groups is 1. The van der Waals surface area contributed by atoms with Gasteiger partial charge in [0.2, 0.25) is 34.8 Å². The van der Waals surface area contributed by atoms with Gasteiger partial charge in [0.25, 0.3) is 0 Å². The molecule has 2 atom stereocenters. The summed E-state index contributed by atoms with van der Waals surface area (Å²) in [5.41, 5.74) is -0.245. The molecule has 0 fully saturated rings. The number of carboxylic acid groups (broad SMARTS) is 1. The minimum absolute atomic E-state index is 0.245. The third-order valence-electron chi connectivity index (χ3n) is 4.32. The van der Waals surface area contributed by atoms with Gasteiger partial charge >= 0.3 is 13.7 Å². The molecule has 35 heavy (non-hydrogen) atoms. The van der Waals surface area contributed by atoms with Crippen molar-refractivity contribution in [3.8, 4) is 11.5 Å². The van der Waals surface area contributed by atoms with Gasteiger partial charge in [-0.25, -0.2) is 26.5 Å². The van der Waals surface area contributed by atoms with E-state index in [9.17, 15) is 45.2 Å². The number of rotatable bonds is 9. The summed E-state index contributed by atoms with van der Waals surface area (Å²) in [6, 6.07) is 6.49. The van der Waals surface area contributed by atoms with Gasteiger partial charge in [0, 0.05) is 6.07 Å². The third-order valence-corrected chi connectivity index (χ3v) is 5.83. The lowest BCUT2D eigenvalue weighted by Crippen LogP contribution is -2.39. The fourth-order valence-corrected chi connectivity index (χ4v) is 4.35. The molecule has 3 aromatic rings. The second kappa shape index (κ2) is 10.4. The van der Waals surface area contributed by atoms with Gasteiger partial charge < -0.3 is 14.2 Å².